The van der Waals surface area contributed by atoms with Crippen molar-refractivity contribution in [3.63, 3.8) is 0 Å². The monoisotopic (exact) mass is 270 g/mol. The van der Waals surface area contributed by atoms with Gasteiger partial charge in [-0.1, -0.05) is 23.8 Å². The van der Waals surface area contributed by atoms with Gasteiger partial charge in [0, 0.05) is 12.2 Å². The van der Waals surface area contributed by atoms with Crippen LogP contribution in [0.25, 0.3) is 0 Å². The van der Waals surface area contributed by atoms with E-state index in [0.29, 0.717) is 23.5 Å². The number of aryl methyl sites for hydroxylation is 1. The Bertz CT molecular complexity index is 624. The summed E-state index contributed by atoms with van der Waals surface area (Å²) in [5, 5.41) is 2.87. The zero-order valence-corrected chi connectivity index (χ0v) is 11.6. The average molecular weight is 270 g/mol. The number of rotatable bonds is 4. The number of nitrogens with two attached hydrogens (primary N) is 1. The molecule has 3 N–H and O–H groups in total. The van der Waals surface area contributed by atoms with Crippen molar-refractivity contribution in [3.05, 3.63) is 59.2 Å². The lowest BCUT2D eigenvalue weighted by atomic mass is 10.1. The molecule has 1 amide bonds. The van der Waals surface area contributed by atoms with Crippen molar-refractivity contribution < 1.29 is 9.53 Å². The number of hydrogen-bond donors (Lipinski definition) is 2. The lowest BCUT2D eigenvalue weighted by molar-refractivity contribution is 0.0948. The number of ether oxygens (including phenoxy) is 1. The molecule has 0 heterocycles. The second kappa shape index (κ2) is 6.10. The molecule has 0 aliphatic rings. The molecule has 0 saturated carbocycles. The number of carbonyl (C=O) groups is 1. The van der Waals surface area contributed by atoms with Gasteiger partial charge < -0.3 is 15.8 Å². The predicted molar refractivity (Wildman–Crippen MR) is 79.8 cm³/mol. The van der Waals surface area contributed by atoms with Crippen molar-refractivity contribution in [1.29, 1.82) is 0 Å². The number of hydrogen-bond acceptors (Lipinski definition) is 3. The Morgan fingerprint density at radius 3 is 2.75 bits per heavy atom. The molecule has 2 aromatic rings. The van der Waals surface area contributed by atoms with Gasteiger partial charge in [-0.2, -0.15) is 0 Å². The largest absolute Gasteiger partial charge is 0.496 e. The van der Waals surface area contributed by atoms with Crippen LogP contribution in [0.2, 0.25) is 0 Å². The maximum Gasteiger partial charge on any atom is 0.255 e. The van der Waals surface area contributed by atoms with E-state index in [4.69, 9.17) is 10.5 Å². The molecule has 0 aromatic heterocycles. The predicted octanol–water partition coefficient (Wildman–Crippen LogP) is 2.52. The van der Waals surface area contributed by atoms with Gasteiger partial charge in [-0.05, 0) is 36.8 Å². The Hall–Kier alpha value is -2.49. The summed E-state index contributed by atoms with van der Waals surface area (Å²) >= 11 is 0. The fraction of sp³-hybridized carbons (Fsp3) is 0.188. The van der Waals surface area contributed by atoms with Crippen LogP contribution in [0, 0.1) is 6.92 Å². The van der Waals surface area contributed by atoms with E-state index in [0.717, 1.165) is 11.1 Å². The third-order valence-electron chi connectivity index (χ3n) is 3.00. The summed E-state index contributed by atoms with van der Waals surface area (Å²) in [4.78, 5) is 12.2. The van der Waals surface area contributed by atoms with Crippen LogP contribution < -0.4 is 15.8 Å². The third kappa shape index (κ3) is 3.29. The Balaban J connectivity index is 2.10. The van der Waals surface area contributed by atoms with Crippen molar-refractivity contribution in [2.24, 2.45) is 0 Å². The van der Waals surface area contributed by atoms with E-state index >= 15 is 0 Å². The Kier molecular flexibility index (Phi) is 4.25. The van der Waals surface area contributed by atoms with Gasteiger partial charge in [0.2, 0.25) is 0 Å². The Morgan fingerprint density at radius 2 is 2.05 bits per heavy atom. The van der Waals surface area contributed by atoms with Crippen LogP contribution in [0.5, 0.6) is 5.75 Å². The molecule has 0 fully saturated rings. The van der Waals surface area contributed by atoms with E-state index in [1.165, 1.54) is 0 Å². The van der Waals surface area contributed by atoms with Crippen molar-refractivity contribution in [3.8, 4) is 5.75 Å². The molecular weight excluding hydrogens is 252 g/mol. The van der Waals surface area contributed by atoms with Crippen LogP contribution in [0.4, 0.5) is 5.69 Å². The standard InChI is InChI=1S/C16H18N2O2/c1-11-6-7-15(20-2)14(8-11)16(19)18-10-12-4-3-5-13(17)9-12/h3-9H,10,17H2,1-2H3,(H,18,19). The summed E-state index contributed by atoms with van der Waals surface area (Å²) in [6.07, 6.45) is 0. The Labute approximate surface area is 118 Å². The smallest absolute Gasteiger partial charge is 0.255 e. The van der Waals surface area contributed by atoms with Gasteiger partial charge >= 0.3 is 0 Å². The molecule has 2 aromatic carbocycles. The first-order chi connectivity index (χ1) is 9.60. The quantitative estimate of drug-likeness (QED) is 0.839. The van der Waals surface area contributed by atoms with Crippen molar-refractivity contribution in [2.45, 2.75) is 13.5 Å². The summed E-state index contributed by atoms with van der Waals surface area (Å²) < 4.78 is 5.21. The second-order valence-electron chi connectivity index (χ2n) is 4.63. The first-order valence-corrected chi connectivity index (χ1v) is 6.37. The summed E-state index contributed by atoms with van der Waals surface area (Å²) in [5.41, 5.74) is 8.91. The third-order valence-corrected chi connectivity index (χ3v) is 3.00. The number of amides is 1. The minimum Gasteiger partial charge on any atom is -0.496 e. The summed E-state index contributed by atoms with van der Waals surface area (Å²) in [6.45, 7) is 2.37. The van der Waals surface area contributed by atoms with Crippen molar-refractivity contribution >= 4 is 11.6 Å². The van der Waals surface area contributed by atoms with Crippen LogP contribution >= 0.6 is 0 Å². The van der Waals surface area contributed by atoms with Gasteiger partial charge in [-0.15, -0.1) is 0 Å². The topological polar surface area (TPSA) is 64.3 Å². The number of carbonyl (C=O) groups excluding carboxylic acids is 1. The van der Waals surface area contributed by atoms with E-state index in [1.54, 1.807) is 13.2 Å². The normalized spacial score (nSPS) is 10.1. The van der Waals surface area contributed by atoms with Crippen LogP contribution in [-0.4, -0.2) is 13.0 Å². The van der Waals surface area contributed by atoms with Gasteiger partial charge in [0.1, 0.15) is 5.75 Å². The summed E-state index contributed by atoms with van der Waals surface area (Å²) in [7, 11) is 1.55. The molecule has 0 aliphatic heterocycles. The molecule has 0 spiro atoms. The molecule has 0 saturated heterocycles. The number of methoxy groups -OCH3 is 1. The Morgan fingerprint density at radius 1 is 1.25 bits per heavy atom. The molecule has 0 atom stereocenters. The highest BCUT2D eigenvalue weighted by atomic mass is 16.5. The van der Waals surface area contributed by atoms with Crippen molar-refractivity contribution in [1.82, 2.24) is 5.32 Å². The van der Waals surface area contributed by atoms with E-state index in [-0.39, 0.29) is 5.91 Å². The van der Waals surface area contributed by atoms with E-state index in [9.17, 15) is 4.79 Å². The van der Waals surface area contributed by atoms with Gasteiger partial charge in [-0.3, -0.25) is 4.79 Å². The lowest BCUT2D eigenvalue weighted by Crippen LogP contribution is -2.23. The zero-order valence-electron chi connectivity index (χ0n) is 11.6. The SMILES string of the molecule is COc1ccc(C)cc1C(=O)NCc1cccc(N)c1. The van der Waals surface area contributed by atoms with E-state index < -0.39 is 0 Å². The molecule has 104 valence electrons. The van der Waals surface area contributed by atoms with Gasteiger partial charge in [0.15, 0.2) is 0 Å². The van der Waals surface area contributed by atoms with E-state index in [2.05, 4.69) is 5.32 Å². The molecular formula is C16H18N2O2. The number of benzene rings is 2. The minimum absolute atomic E-state index is 0.159. The first kappa shape index (κ1) is 13.9. The van der Waals surface area contributed by atoms with Gasteiger partial charge in [0.25, 0.3) is 5.91 Å². The molecule has 4 nitrogen and oxygen atoms in total. The highest BCUT2D eigenvalue weighted by Crippen LogP contribution is 2.19. The molecule has 0 aliphatic carbocycles. The first-order valence-electron chi connectivity index (χ1n) is 6.37. The lowest BCUT2D eigenvalue weighted by Gasteiger charge is -2.10. The maximum absolute atomic E-state index is 12.2. The van der Waals surface area contributed by atoms with Gasteiger partial charge in [-0.25, -0.2) is 0 Å². The number of nitrogen functional groups attached to an aromatic ring is 1. The average Bonchev–Trinajstić information content (AvgIpc) is 2.45. The fourth-order valence-electron chi connectivity index (χ4n) is 1.98. The van der Waals surface area contributed by atoms with Crippen LogP contribution in [0.15, 0.2) is 42.5 Å². The van der Waals surface area contributed by atoms with Crippen LogP contribution in [0.1, 0.15) is 21.5 Å². The molecule has 20 heavy (non-hydrogen) atoms. The molecule has 2 rings (SSSR count). The van der Waals surface area contributed by atoms with Crippen LogP contribution in [0.3, 0.4) is 0 Å². The second-order valence-corrected chi connectivity index (χ2v) is 4.63. The fourth-order valence-corrected chi connectivity index (χ4v) is 1.98. The maximum atomic E-state index is 12.2. The van der Waals surface area contributed by atoms with Gasteiger partial charge in [0.05, 0.1) is 12.7 Å². The molecule has 4 heteroatoms. The summed E-state index contributed by atoms with van der Waals surface area (Å²) in [5.74, 6) is 0.411. The molecule has 0 bridgehead atoms. The number of anilines is 1. The van der Waals surface area contributed by atoms with E-state index in [1.807, 2.05) is 43.3 Å². The highest BCUT2D eigenvalue weighted by Gasteiger charge is 2.12. The van der Waals surface area contributed by atoms with Crippen molar-refractivity contribution in [2.75, 3.05) is 12.8 Å². The summed E-state index contributed by atoms with van der Waals surface area (Å²) in [6, 6.07) is 13.0. The number of nitrogens with one attached hydrogen (secondary N) is 1. The zero-order chi connectivity index (χ0) is 14.5. The molecule has 0 radical (unpaired) electrons. The minimum atomic E-state index is -0.159. The highest BCUT2D eigenvalue weighted by molar-refractivity contribution is 5.97. The van der Waals surface area contributed by atoms with Crippen LogP contribution in [-0.2, 0) is 6.54 Å². The molecule has 0 unspecified atom stereocenters.